The molecular weight excluding hydrogens is 475 g/mol. The van der Waals surface area contributed by atoms with Crippen LogP contribution in [0.15, 0.2) is 89.8 Å². The molecule has 3 N–H and O–H groups in total. The quantitative estimate of drug-likeness (QED) is 0.316. The first-order chi connectivity index (χ1) is 17.1. The molecule has 1 aromatic heterocycles. The molecule has 2 aliphatic rings. The van der Waals surface area contributed by atoms with Crippen molar-refractivity contribution in [1.29, 1.82) is 5.26 Å². The van der Waals surface area contributed by atoms with Crippen molar-refractivity contribution < 1.29 is 0 Å². The van der Waals surface area contributed by atoms with Crippen molar-refractivity contribution in [3.63, 3.8) is 0 Å². The molecule has 4 nitrogen and oxygen atoms in total. The molecule has 0 amide bonds. The van der Waals surface area contributed by atoms with E-state index in [1.54, 1.807) is 0 Å². The smallest absolute Gasteiger partial charge is 0.115 e. The topological polar surface area (TPSA) is 74.7 Å². The number of halogens is 2. The largest absolute Gasteiger partial charge is 0.384 e. The zero-order chi connectivity index (χ0) is 24.1. The van der Waals surface area contributed by atoms with Crippen LogP contribution in [0.2, 0.25) is 10.0 Å². The number of nitrogens with zero attached hydrogens (tertiary/aromatic N) is 2. The predicted molar refractivity (Wildman–Crippen MR) is 142 cm³/mol. The number of hydrogen-bond donors (Lipinski definition) is 2. The van der Waals surface area contributed by atoms with Crippen LogP contribution in [0.5, 0.6) is 0 Å². The van der Waals surface area contributed by atoms with E-state index in [1.807, 2.05) is 60.7 Å². The summed E-state index contributed by atoms with van der Waals surface area (Å²) in [6, 6.07) is 26.1. The minimum atomic E-state index is -0.322. The Morgan fingerprint density at radius 3 is 2.49 bits per heavy atom. The van der Waals surface area contributed by atoms with E-state index in [0.29, 0.717) is 21.4 Å². The summed E-state index contributed by atoms with van der Waals surface area (Å²) in [4.78, 5) is 5.03. The van der Waals surface area contributed by atoms with E-state index in [1.165, 1.54) is 0 Å². The maximum absolute atomic E-state index is 10.1. The van der Waals surface area contributed by atoms with Crippen LogP contribution in [0, 0.1) is 11.3 Å². The van der Waals surface area contributed by atoms with Crippen LogP contribution in [-0.4, -0.2) is 4.98 Å². The maximum atomic E-state index is 10.1. The fraction of sp³-hybridized carbons (Fsp3) is 0.103. The number of nitrogens with two attached hydrogens (primary N) is 1. The fourth-order valence-electron chi connectivity index (χ4n) is 5.32. The maximum Gasteiger partial charge on any atom is 0.115 e. The van der Waals surface area contributed by atoms with Gasteiger partial charge in [0.05, 0.1) is 22.9 Å². The molecule has 1 aliphatic heterocycles. The number of benzene rings is 3. The van der Waals surface area contributed by atoms with Crippen molar-refractivity contribution in [3.05, 3.63) is 117 Å². The predicted octanol–water partition coefficient (Wildman–Crippen LogP) is 6.95. The average molecular weight is 495 g/mol. The van der Waals surface area contributed by atoms with Crippen molar-refractivity contribution >= 4 is 39.8 Å². The fourth-order valence-corrected chi connectivity index (χ4v) is 5.74. The second-order valence-corrected chi connectivity index (χ2v) is 9.60. The normalized spacial score (nSPS) is 17.0. The van der Waals surface area contributed by atoms with Crippen LogP contribution in [0.25, 0.3) is 27.7 Å². The van der Waals surface area contributed by atoms with Crippen LogP contribution >= 0.6 is 23.2 Å². The van der Waals surface area contributed by atoms with Gasteiger partial charge in [-0.25, -0.2) is 0 Å². The van der Waals surface area contributed by atoms with Gasteiger partial charge < -0.3 is 11.1 Å². The van der Waals surface area contributed by atoms with Gasteiger partial charge in [0.1, 0.15) is 5.82 Å². The van der Waals surface area contributed by atoms with Crippen molar-refractivity contribution in [1.82, 2.24) is 10.3 Å². The monoisotopic (exact) mass is 494 g/mol. The number of hydrogen-bond acceptors (Lipinski definition) is 4. The van der Waals surface area contributed by atoms with Crippen LogP contribution in [0.4, 0.5) is 0 Å². The van der Waals surface area contributed by atoms with E-state index < -0.39 is 0 Å². The molecule has 170 valence electrons. The molecule has 2 heterocycles. The Labute approximate surface area is 213 Å². The van der Waals surface area contributed by atoms with Gasteiger partial charge in [0, 0.05) is 38.2 Å². The minimum absolute atomic E-state index is 0.322. The molecule has 1 aliphatic carbocycles. The van der Waals surface area contributed by atoms with Crippen LogP contribution in [-0.2, 0) is 6.42 Å². The molecule has 0 saturated carbocycles. The summed E-state index contributed by atoms with van der Waals surface area (Å²) in [6.45, 7) is 0. The number of pyridine rings is 1. The highest BCUT2D eigenvalue weighted by Crippen LogP contribution is 2.49. The summed E-state index contributed by atoms with van der Waals surface area (Å²) >= 11 is 13.1. The van der Waals surface area contributed by atoms with Gasteiger partial charge in [-0.1, -0.05) is 71.7 Å². The summed E-state index contributed by atoms with van der Waals surface area (Å²) in [5, 5.41) is 15.7. The third-order valence-electron chi connectivity index (χ3n) is 6.81. The molecule has 0 saturated heterocycles. The Morgan fingerprint density at radius 1 is 0.943 bits per heavy atom. The summed E-state index contributed by atoms with van der Waals surface area (Å²) in [6.07, 6.45) is 1.48. The summed E-state index contributed by atoms with van der Waals surface area (Å²) < 4.78 is 0. The molecule has 0 fully saturated rings. The summed E-state index contributed by atoms with van der Waals surface area (Å²) in [5.74, 6) is 0.0194. The lowest BCUT2D eigenvalue weighted by atomic mass is 9.74. The molecule has 6 rings (SSSR count). The Balaban J connectivity index is 1.70. The number of aryl methyl sites for hydroxylation is 1. The standard InChI is InChI=1S/C29H20Cl2N4/c30-17-10-12-23-20(14-17)25(16-6-2-1-3-7-16)27-24(34-23)13-11-19-26(18-8-4-5-9-22(18)31)21(15-32)29(33)35-28(19)27/h1-10,12,14,26,35H,11,13,33H2. The van der Waals surface area contributed by atoms with E-state index >= 15 is 0 Å². The van der Waals surface area contributed by atoms with E-state index in [9.17, 15) is 5.26 Å². The van der Waals surface area contributed by atoms with E-state index in [2.05, 4.69) is 23.5 Å². The number of aromatic nitrogens is 1. The Kier molecular flexibility index (Phi) is 5.25. The Bertz CT molecular complexity index is 1610. The van der Waals surface area contributed by atoms with Gasteiger partial charge in [0.15, 0.2) is 0 Å². The highest BCUT2D eigenvalue weighted by Gasteiger charge is 2.37. The van der Waals surface area contributed by atoms with E-state index in [0.717, 1.165) is 63.0 Å². The lowest BCUT2D eigenvalue weighted by Crippen LogP contribution is -2.32. The lowest BCUT2D eigenvalue weighted by Gasteiger charge is -2.35. The number of dihydropyridines is 1. The second-order valence-electron chi connectivity index (χ2n) is 8.75. The van der Waals surface area contributed by atoms with Gasteiger partial charge in [-0.05, 0) is 53.8 Å². The lowest BCUT2D eigenvalue weighted by molar-refractivity contribution is 0.749. The Morgan fingerprint density at radius 2 is 1.71 bits per heavy atom. The average Bonchev–Trinajstić information content (AvgIpc) is 2.87. The van der Waals surface area contributed by atoms with Crippen molar-refractivity contribution in [2.45, 2.75) is 18.8 Å². The van der Waals surface area contributed by atoms with Gasteiger partial charge in [-0.15, -0.1) is 0 Å². The molecule has 6 heteroatoms. The molecule has 0 radical (unpaired) electrons. The molecule has 1 atom stereocenters. The van der Waals surface area contributed by atoms with Gasteiger partial charge in [0.25, 0.3) is 0 Å². The molecule has 0 bridgehead atoms. The third kappa shape index (κ3) is 3.47. The third-order valence-corrected chi connectivity index (χ3v) is 7.39. The molecule has 3 aromatic carbocycles. The molecule has 1 unspecified atom stereocenters. The first-order valence-corrected chi connectivity index (χ1v) is 12.1. The van der Waals surface area contributed by atoms with E-state index in [-0.39, 0.29) is 5.92 Å². The second kappa shape index (κ2) is 8.46. The van der Waals surface area contributed by atoms with Crippen LogP contribution in [0.3, 0.4) is 0 Å². The van der Waals surface area contributed by atoms with Crippen molar-refractivity contribution in [2.75, 3.05) is 0 Å². The first-order valence-electron chi connectivity index (χ1n) is 11.4. The number of fused-ring (bicyclic) bond motifs is 3. The first kappa shape index (κ1) is 21.7. The molecule has 4 aromatic rings. The van der Waals surface area contributed by atoms with Gasteiger partial charge >= 0.3 is 0 Å². The molecular formula is C29H20Cl2N4. The zero-order valence-electron chi connectivity index (χ0n) is 18.6. The van der Waals surface area contributed by atoms with Gasteiger partial charge in [-0.3, -0.25) is 4.98 Å². The Hall–Kier alpha value is -3.78. The van der Waals surface area contributed by atoms with Crippen LogP contribution in [0.1, 0.15) is 29.2 Å². The number of rotatable bonds is 2. The van der Waals surface area contributed by atoms with Crippen LogP contribution < -0.4 is 11.1 Å². The highest BCUT2D eigenvalue weighted by molar-refractivity contribution is 6.32. The van der Waals surface area contributed by atoms with E-state index in [4.69, 9.17) is 33.9 Å². The zero-order valence-corrected chi connectivity index (χ0v) is 20.2. The van der Waals surface area contributed by atoms with Gasteiger partial charge in [0.2, 0.25) is 0 Å². The molecule has 35 heavy (non-hydrogen) atoms. The van der Waals surface area contributed by atoms with Crippen molar-refractivity contribution in [2.24, 2.45) is 5.73 Å². The number of nitrogens with one attached hydrogen (secondary N) is 1. The van der Waals surface area contributed by atoms with Crippen molar-refractivity contribution in [3.8, 4) is 17.2 Å². The highest BCUT2D eigenvalue weighted by atomic mass is 35.5. The van der Waals surface area contributed by atoms with Gasteiger partial charge in [-0.2, -0.15) is 5.26 Å². The number of allylic oxidation sites excluding steroid dienone is 2. The summed E-state index contributed by atoms with van der Waals surface area (Å²) in [5.41, 5.74) is 14.9. The SMILES string of the molecule is N#CC1=C(N)NC2=C(CCc3nc4ccc(Cl)cc4c(-c4ccccc4)c32)C1c1ccccc1Cl. The number of nitriles is 1. The summed E-state index contributed by atoms with van der Waals surface area (Å²) in [7, 11) is 0. The minimum Gasteiger partial charge on any atom is -0.384 e. The molecule has 0 spiro atoms.